The van der Waals surface area contributed by atoms with Crippen LogP contribution in [0.4, 0.5) is 0 Å². The van der Waals surface area contributed by atoms with Gasteiger partial charge in [0.1, 0.15) is 0 Å². The van der Waals surface area contributed by atoms with Gasteiger partial charge in [0, 0.05) is 13.0 Å². The summed E-state index contributed by atoms with van der Waals surface area (Å²) in [5.74, 6) is 0.462. The number of hydrogen-bond donors (Lipinski definition) is 2. The molecule has 0 fully saturated rings. The molecule has 0 heterocycles. The van der Waals surface area contributed by atoms with Crippen LogP contribution in [0.5, 0.6) is 0 Å². The summed E-state index contributed by atoms with van der Waals surface area (Å²) in [6.45, 7) is 0.390. The van der Waals surface area contributed by atoms with Gasteiger partial charge >= 0.3 is 0 Å². The Morgan fingerprint density at radius 1 is 1.67 bits per heavy atom. The first-order valence-electron chi connectivity index (χ1n) is 4.37. The van der Waals surface area contributed by atoms with E-state index in [-0.39, 0.29) is 12.5 Å². The second-order valence-corrected chi connectivity index (χ2v) is 3.04. The monoisotopic (exact) mass is 169 g/mol. The van der Waals surface area contributed by atoms with Crippen LogP contribution in [0, 0.1) is 5.92 Å². The summed E-state index contributed by atoms with van der Waals surface area (Å²) >= 11 is 0. The molecule has 68 valence electrons. The molecule has 1 aliphatic rings. The molecule has 2 N–H and O–H groups in total. The molecule has 1 rings (SSSR count). The highest BCUT2D eigenvalue weighted by Gasteiger charge is 2.12. The van der Waals surface area contributed by atoms with Crippen molar-refractivity contribution in [3.05, 3.63) is 12.2 Å². The van der Waals surface area contributed by atoms with Crippen molar-refractivity contribution in [1.82, 2.24) is 5.32 Å². The van der Waals surface area contributed by atoms with Crippen LogP contribution in [0.25, 0.3) is 0 Å². The van der Waals surface area contributed by atoms with E-state index < -0.39 is 0 Å². The number of amides is 1. The molecule has 0 aromatic rings. The van der Waals surface area contributed by atoms with Gasteiger partial charge in [-0.2, -0.15) is 0 Å². The minimum absolute atomic E-state index is 0.0201. The Kier molecular flexibility index (Phi) is 3.80. The van der Waals surface area contributed by atoms with Crippen molar-refractivity contribution in [1.29, 1.82) is 0 Å². The molecule has 1 amide bonds. The van der Waals surface area contributed by atoms with Crippen molar-refractivity contribution >= 4 is 5.91 Å². The lowest BCUT2D eigenvalue weighted by atomic mass is 10.1. The van der Waals surface area contributed by atoms with E-state index >= 15 is 0 Å². The maximum atomic E-state index is 11.1. The van der Waals surface area contributed by atoms with Gasteiger partial charge in [-0.05, 0) is 18.8 Å². The molecular formula is C9H15NO2. The molecule has 0 aromatic carbocycles. The Labute approximate surface area is 72.5 Å². The largest absolute Gasteiger partial charge is 0.395 e. The maximum Gasteiger partial charge on any atom is 0.220 e. The molecule has 0 radical (unpaired) electrons. The van der Waals surface area contributed by atoms with Crippen molar-refractivity contribution in [3.63, 3.8) is 0 Å². The van der Waals surface area contributed by atoms with Gasteiger partial charge in [0.2, 0.25) is 5.91 Å². The summed E-state index contributed by atoms with van der Waals surface area (Å²) in [5.41, 5.74) is 0. The number of aliphatic hydroxyl groups excluding tert-OH is 1. The second kappa shape index (κ2) is 4.93. The quantitative estimate of drug-likeness (QED) is 0.600. The number of hydrogen-bond acceptors (Lipinski definition) is 2. The van der Waals surface area contributed by atoms with E-state index in [1.807, 2.05) is 0 Å². The zero-order chi connectivity index (χ0) is 8.81. The number of rotatable bonds is 4. The number of allylic oxidation sites excluding steroid dienone is 2. The summed E-state index contributed by atoms with van der Waals surface area (Å²) in [6.07, 6.45) is 6.96. The SMILES string of the molecule is O=C(CC1C=CCC1)NCCO. The molecular weight excluding hydrogens is 154 g/mol. The zero-order valence-corrected chi connectivity index (χ0v) is 7.12. The van der Waals surface area contributed by atoms with Crippen molar-refractivity contribution in [2.75, 3.05) is 13.2 Å². The van der Waals surface area contributed by atoms with Crippen LogP contribution in [0.2, 0.25) is 0 Å². The van der Waals surface area contributed by atoms with Crippen LogP contribution < -0.4 is 5.32 Å². The van der Waals surface area contributed by atoms with Gasteiger partial charge in [-0.25, -0.2) is 0 Å². The molecule has 12 heavy (non-hydrogen) atoms. The van der Waals surface area contributed by atoms with Crippen LogP contribution in [0.15, 0.2) is 12.2 Å². The molecule has 3 nitrogen and oxygen atoms in total. The van der Waals surface area contributed by atoms with Gasteiger partial charge in [-0.1, -0.05) is 12.2 Å². The standard InChI is InChI=1S/C9H15NO2/c11-6-5-10-9(12)7-8-3-1-2-4-8/h1,3,8,11H,2,4-7H2,(H,10,12). The third-order valence-electron chi connectivity index (χ3n) is 1.99. The number of carbonyl (C=O) groups excluding carboxylic acids is 1. The lowest BCUT2D eigenvalue weighted by molar-refractivity contribution is -0.121. The maximum absolute atomic E-state index is 11.1. The van der Waals surface area contributed by atoms with Crippen molar-refractivity contribution in [2.24, 2.45) is 5.92 Å². The van der Waals surface area contributed by atoms with Crippen LogP contribution in [-0.2, 0) is 4.79 Å². The fraction of sp³-hybridized carbons (Fsp3) is 0.667. The highest BCUT2D eigenvalue weighted by atomic mass is 16.3. The minimum atomic E-state index is 0.0201. The van der Waals surface area contributed by atoms with E-state index in [0.29, 0.717) is 18.9 Å². The smallest absolute Gasteiger partial charge is 0.220 e. The fourth-order valence-corrected chi connectivity index (χ4v) is 1.37. The summed E-state index contributed by atoms with van der Waals surface area (Å²) < 4.78 is 0. The lowest BCUT2D eigenvalue weighted by Crippen LogP contribution is -2.27. The minimum Gasteiger partial charge on any atom is -0.395 e. The Morgan fingerprint density at radius 2 is 2.50 bits per heavy atom. The van der Waals surface area contributed by atoms with Gasteiger partial charge < -0.3 is 10.4 Å². The number of aliphatic hydroxyl groups is 1. The van der Waals surface area contributed by atoms with Crippen LogP contribution in [0.3, 0.4) is 0 Å². The first kappa shape index (κ1) is 9.26. The van der Waals surface area contributed by atoms with Crippen LogP contribution >= 0.6 is 0 Å². The first-order chi connectivity index (χ1) is 5.83. The molecule has 1 aliphatic carbocycles. The van der Waals surface area contributed by atoms with Crippen molar-refractivity contribution < 1.29 is 9.90 Å². The van der Waals surface area contributed by atoms with Gasteiger partial charge in [-0.15, -0.1) is 0 Å². The molecule has 3 heteroatoms. The predicted octanol–water partition coefficient (Wildman–Crippen LogP) is 0.451. The topological polar surface area (TPSA) is 49.3 Å². The number of carbonyl (C=O) groups is 1. The Bertz CT molecular complexity index is 177. The van der Waals surface area contributed by atoms with E-state index in [1.54, 1.807) is 0 Å². The third kappa shape index (κ3) is 3.05. The third-order valence-corrected chi connectivity index (χ3v) is 1.99. The van der Waals surface area contributed by atoms with Gasteiger partial charge in [-0.3, -0.25) is 4.79 Å². The Hall–Kier alpha value is -0.830. The molecule has 0 saturated carbocycles. The molecule has 0 aromatic heterocycles. The molecule has 0 bridgehead atoms. The van der Waals surface area contributed by atoms with E-state index in [4.69, 9.17) is 5.11 Å². The second-order valence-electron chi connectivity index (χ2n) is 3.04. The average Bonchev–Trinajstić information content (AvgIpc) is 2.53. The Morgan fingerprint density at radius 3 is 3.08 bits per heavy atom. The summed E-state index contributed by atoms with van der Waals surface area (Å²) in [4.78, 5) is 11.1. The summed E-state index contributed by atoms with van der Waals surface area (Å²) in [7, 11) is 0. The zero-order valence-electron chi connectivity index (χ0n) is 7.12. The molecule has 0 spiro atoms. The Balaban J connectivity index is 2.12. The normalized spacial score (nSPS) is 21.2. The van der Waals surface area contributed by atoms with Gasteiger partial charge in [0.25, 0.3) is 0 Å². The average molecular weight is 169 g/mol. The van der Waals surface area contributed by atoms with Gasteiger partial charge in [0.05, 0.1) is 6.61 Å². The van der Waals surface area contributed by atoms with E-state index in [0.717, 1.165) is 12.8 Å². The molecule has 1 unspecified atom stereocenters. The lowest BCUT2D eigenvalue weighted by Gasteiger charge is -2.06. The highest BCUT2D eigenvalue weighted by Crippen LogP contribution is 2.19. The van der Waals surface area contributed by atoms with E-state index in [2.05, 4.69) is 17.5 Å². The fourth-order valence-electron chi connectivity index (χ4n) is 1.37. The number of nitrogens with one attached hydrogen (secondary N) is 1. The van der Waals surface area contributed by atoms with E-state index in [9.17, 15) is 4.79 Å². The molecule has 1 atom stereocenters. The first-order valence-corrected chi connectivity index (χ1v) is 4.37. The van der Waals surface area contributed by atoms with Crippen molar-refractivity contribution in [2.45, 2.75) is 19.3 Å². The summed E-state index contributed by atoms with van der Waals surface area (Å²) in [5, 5.41) is 11.1. The predicted molar refractivity (Wildman–Crippen MR) is 46.6 cm³/mol. The van der Waals surface area contributed by atoms with Crippen molar-refractivity contribution in [3.8, 4) is 0 Å². The highest BCUT2D eigenvalue weighted by molar-refractivity contribution is 5.76. The van der Waals surface area contributed by atoms with Gasteiger partial charge in [0.15, 0.2) is 0 Å². The van der Waals surface area contributed by atoms with Crippen LogP contribution in [-0.4, -0.2) is 24.2 Å². The van der Waals surface area contributed by atoms with Crippen LogP contribution in [0.1, 0.15) is 19.3 Å². The molecule has 0 saturated heterocycles. The summed E-state index contributed by atoms with van der Waals surface area (Å²) in [6, 6.07) is 0. The van der Waals surface area contributed by atoms with E-state index in [1.165, 1.54) is 0 Å². The molecule has 0 aliphatic heterocycles.